The first-order chi connectivity index (χ1) is 5.59. The molecule has 0 aliphatic carbocycles. The fourth-order valence-electron chi connectivity index (χ4n) is 0.761. The second-order valence-electron chi connectivity index (χ2n) is 2.43. The highest BCUT2D eigenvalue weighted by Crippen LogP contribution is 2.12. The van der Waals surface area contributed by atoms with E-state index in [-0.39, 0.29) is 11.3 Å². The smallest absolute Gasteiger partial charge is 0.262 e. The zero-order valence-corrected chi connectivity index (χ0v) is 8.11. The van der Waals surface area contributed by atoms with Gasteiger partial charge in [-0.05, 0) is 18.5 Å². The fraction of sp³-hybridized carbons (Fsp3) is 0.429. The maximum atomic E-state index is 11.0. The van der Waals surface area contributed by atoms with Gasteiger partial charge in [-0.25, -0.2) is 0 Å². The Balaban J connectivity index is 2.69. The Morgan fingerprint density at radius 2 is 2.42 bits per heavy atom. The van der Waals surface area contributed by atoms with Gasteiger partial charge in [0.25, 0.3) is 5.56 Å². The second kappa shape index (κ2) is 3.87. The van der Waals surface area contributed by atoms with Crippen molar-refractivity contribution in [3.8, 4) is 0 Å². The van der Waals surface area contributed by atoms with Crippen molar-refractivity contribution < 1.29 is 4.79 Å². The van der Waals surface area contributed by atoms with Gasteiger partial charge < -0.3 is 0 Å². The van der Waals surface area contributed by atoms with Crippen molar-refractivity contribution in [2.24, 2.45) is 0 Å². The summed E-state index contributed by atoms with van der Waals surface area (Å²) in [7, 11) is 0. The number of nitrogens with zero attached hydrogens (tertiary/aromatic N) is 1. The monoisotopic (exact) mass is 205 g/mol. The number of aryl methyl sites for hydroxylation is 1. The molecule has 5 heteroatoms. The van der Waals surface area contributed by atoms with Gasteiger partial charge in [-0.2, -0.15) is 0 Å². The summed E-state index contributed by atoms with van der Waals surface area (Å²) in [5, 5.41) is 0. The number of hydrogen-bond donors (Lipinski definition) is 0. The van der Waals surface area contributed by atoms with Gasteiger partial charge in [0.05, 0.1) is 0 Å². The Bertz CT molecular complexity index is 341. The first kappa shape index (κ1) is 9.48. The molecule has 1 rings (SSSR count). The van der Waals surface area contributed by atoms with E-state index in [0.717, 1.165) is 0 Å². The van der Waals surface area contributed by atoms with E-state index in [4.69, 9.17) is 11.6 Å². The van der Waals surface area contributed by atoms with Crippen LogP contribution in [0.4, 0.5) is 0 Å². The number of aromatic nitrogens is 1. The molecule has 0 fully saturated rings. The molecule has 0 amide bonds. The van der Waals surface area contributed by atoms with Gasteiger partial charge in [0.2, 0.25) is 0 Å². The van der Waals surface area contributed by atoms with Crippen molar-refractivity contribution in [1.29, 1.82) is 0 Å². The molecule has 1 aromatic heterocycles. The SMILES string of the molecule is CC(=O)CCn1sc(Cl)cc1=O. The zero-order chi connectivity index (χ0) is 9.14. The molecule has 0 saturated carbocycles. The molecule has 0 radical (unpaired) electrons. The molecule has 12 heavy (non-hydrogen) atoms. The van der Waals surface area contributed by atoms with E-state index in [1.165, 1.54) is 28.5 Å². The molecule has 0 aliphatic heterocycles. The summed E-state index contributed by atoms with van der Waals surface area (Å²) in [6.45, 7) is 1.94. The lowest BCUT2D eigenvalue weighted by Crippen LogP contribution is -2.13. The number of halogens is 1. The molecular weight excluding hydrogens is 198 g/mol. The summed E-state index contributed by atoms with van der Waals surface area (Å²) in [5.74, 6) is 0.0754. The normalized spacial score (nSPS) is 10.2. The summed E-state index contributed by atoms with van der Waals surface area (Å²) < 4.78 is 1.94. The number of hydrogen-bond acceptors (Lipinski definition) is 3. The van der Waals surface area contributed by atoms with Crippen LogP contribution in [-0.2, 0) is 11.3 Å². The quantitative estimate of drug-likeness (QED) is 0.751. The van der Waals surface area contributed by atoms with Gasteiger partial charge in [-0.15, -0.1) is 0 Å². The van der Waals surface area contributed by atoms with Gasteiger partial charge in [0.15, 0.2) is 0 Å². The largest absolute Gasteiger partial charge is 0.300 e. The minimum absolute atomic E-state index is 0.0754. The van der Waals surface area contributed by atoms with Crippen molar-refractivity contribution in [2.45, 2.75) is 19.9 Å². The molecule has 0 aliphatic rings. The highest BCUT2D eigenvalue weighted by atomic mass is 35.5. The standard InChI is InChI=1S/C7H8ClNO2S/c1-5(10)2-3-9-7(11)4-6(8)12-9/h4H,2-3H2,1H3. The van der Waals surface area contributed by atoms with Crippen molar-refractivity contribution in [2.75, 3.05) is 0 Å². The maximum absolute atomic E-state index is 11.0. The lowest BCUT2D eigenvalue weighted by Gasteiger charge is -1.95. The summed E-state index contributed by atoms with van der Waals surface area (Å²) >= 11 is 6.77. The minimum atomic E-state index is -0.133. The third-order valence-electron chi connectivity index (χ3n) is 1.35. The Morgan fingerprint density at radius 3 is 2.83 bits per heavy atom. The number of carbonyl (C=O) groups excluding carboxylic acids is 1. The first-order valence-corrected chi connectivity index (χ1v) is 4.61. The van der Waals surface area contributed by atoms with E-state index >= 15 is 0 Å². The summed E-state index contributed by atoms with van der Waals surface area (Å²) in [5.41, 5.74) is -0.133. The van der Waals surface area contributed by atoms with Crippen molar-refractivity contribution in [1.82, 2.24) is 3.96 Å². The number of Topliss-reactive ketones (excluding diaryl/α,β-unsaturated/α-hetero) is 1. The molecular formula is C7H8ClNO2S. The Kier molecular flexibility index (Phi) is 3.05. The van der Waals surface area contributed by atoms with Crippen LogP contribution in [0.5, 0.6) is 0 Å². The molecule has 3 nitrogen and oxygen atoms in total. The van der Waals surface area contributed by atoms with Crippen LogP contribution >= 0.6 is 23.1 Å². The van der Waals surface area contributed by atoms with Crippen LogP contribution in [0.3, 0.4) is 0 Å². The molecule has 0 saturated heterocycles. The van der Waals surface area contributed by atoms with E-state index in [1.54, 1.807) is 0 Å². The topological polar surface area (TPSA) is 39.1 Å². The third kappa shape index (κ3) is 2.46. The first-order valence-electron chi connectivity index (χ1n) is 3.45. The lowest BCUT2D eigenvalue weighted by atomic mass is 10.3. The highest BCUT2D eigenvalue weighted by Gasteiger charge is 2.02. The Morgan fingerprint density at radius 1 is 1.75 bits per heavy atom. The molecule has 1 aromatic rings. The number of carbonyl (C=O) groups is 1. The van der Waals surface area contributed by atoms with Crippen LogP contribution in [0, 0.1) is 0 Å². The number of ketones is 1. The van der Waals surface area contributed by atoms with E-state index in [1.807, 2.05) is 0 Å². The van der Waals surface area contributed by atoms with E-state index < -0.39 is 0 Å². The zero-order valence-electron chi connectivity index (χ0n) is 6.54. The van der Waals surface area contributed by atoms with Gasteiger partial charge in [0.1, 0.15) is 10.1 Å². The lowest BCUT2D eigenvalue weighted by molar-refractivity contribution is -0.117. The number of rotatable bonds is 3. The minimum Gasteiger partial charge on any atom is -0.300 e. The molecule has 0 spiro atoms. The molecule has 1 heterocycles. The van der Waals surface area contributed by atoms with Crippen LogP contribution in [0.2, 0.25) is 4.34 Å². The summed E-state index contributed by atoms with van der Waals surface area (Å²) in [4.78, 5) is 21.6. The third-order valence-corrected chi connectivity index (χ3v) is 2.54. The van der Waals surface area contributed by atoms with E-state index in [2.05, 4.69) is 0 Å². The van der Waals surface area contributed by atoms with Crippen LogP contribution in [0.25, 0.3) is 0 Å². The molecule has 0 aromatic carbocycles. The molecule has 0 bridgehead atoms. The highest BCUT2D eigenvalue weighted by molar-refractivity contribution is 7.11. The average Bonchev–Trinajstić information content (AvgIpc) is 2.26. The van der Waals surface area contributed by atoms with Crippen LogP contribution in [0.1, 0.15) is 13.3 Å². The Hall–Kier alpha value is -0.610. The van der Waals surface area contributed by atoms with Crippen molar-refractivity contribution >= 4 is 28.9 Å². The second-order valence-corrected chi connectivity index (χ2v) is 4.13. The predicted molar refractivity (Wildman–Crippen MR) is 48.9 cm³/mol. The van der Waals surface area contributed by atoms with Gasteiger partial charge >= 0.3 is 0 Å². The van der Waals surface area contributed by atoms with Crippen LogP contribution in [-0.4, -0.2) is 9.74 Å². The fourth-order valence-corrected chi connectivity index (χ4v) is 1.79. The maximum Gasteiger partial charge on any atom is 0.262 e. The summed E-state index contributed by atoms with van der Waals surface area (Å²) in [6, 6.07) is 1.35. The van der Waals surface area contributed by atoms with Gasteiger partial charge in [-0.1, -0.05) is 11.6 Å². The summed E-state index contributed by atoms with van der Waals surface area (Å²) in [6.07, 6.45) is 0.386. The molecule has 0 atom stereocenters. The molecule has 0 N–H and O–H groups in total. The average molecular weight is 206 g/mol. The van der Waals surface area contributed by atoms with Gasteiger partial charge in [0, 0.05) is 19.0 Å². The van der Waals surface area contributed by atoms with E-state index in [9.17, 15) is 9.59 Å². The Labute approximate surface area is 78.7 Å². The van der Waals surface area contributed by atoms with Crippen LogP contribution in [0.15, 0.2) is 10.9 Å². The predicted octanol–water partition coefficient (Wildman–Crippen LogP) is 1.54. The van der Waals surface area contributed by atoms with Crippen molar-refractivity contribution in [3.63, 3.8) is 0 Å². The molecule has 0 unspecified atom stereocenters. The molecule has 66 valence electrons. The van der Waals surface area contributed by atoms with Gasteiger partial charge in [-0.3, -0.25) is 13.5 Å². The van der Waals surface area contributed by atoms with Crippen LogP contribution < -0.4 is 5.56 Å². The van der Waals surface area contributed by atoms with E-state index in [0.29, 0.717) is 17.3 Å². The van der Waals surface area contributed by atoms with Crippen molar-refractivity contribution in [3.05, 3.63) is 20.8 Å².